The molecule has 1 fully saturated rings. The molecule has 1 aromatic carbocycles. The average Bonchev–Trinajstić information content (AvgIpc) is 2.85. The molecule has 4 nitrogen and oxygen atoms in total. The molecule has 0 aliphatic carbocycles. The van der Waals surface area contributed by atoms with Gasteiger partial charge in [0.25, 0.3) is 11.1 Å². The highest BCUT2D eigenvalue weighted by Gasteiger charge is 2.24. The summed E-state index contributed by atoms with van der Waals surface area (Å²) in [6, 6.07) is 7.56. The van der Waals surface area contributed by atoms with Gasteiger partial charge in [0, 0.05) is 0 Å². The molecule has 1 aromatic rings. The van der Waals surface area contributed by atoms with E-state index in [1.807, 2.05) is 24.3 Å². The van der Waals surface area contributed by atoms with Crippen LogP contribution >= 0.6 is 11.8 Å². The van der Waals surface area contributed by atoms with Gasteiger partial charge in [0.1, 0.15) is 5.75 Å². The lowest BCUT2D eigenvalue weighted by atomic mass is 10.1. The summed E-state index contributed by atoms with van der Waals surface area (Å²) in [6.45, 7) is 2.96. The Balaban J connectivity index is 1.73. The van der Waals surface area contributed by atoms with Crippen molar-refractivity contribution in [1.29, 1.82) is 0 Å². The lowest BCUT2D eigenvalue weighted by Gasteiger charge is -2.06. The van der Waals surface area contributed by atoms with Gasteiger partial charge in [-0.2, -0.15) is 0 Å². The number of nitrogens with one attached hydrogen (secondary N) is 1. The van der Waals surface area contributed by atoms with E-state index in [-0.39, 0.29) is 11.1 Å². The third-order valence-corrected chi connectivity index (χ3v) is 4.40. The highest BCUT2D eigenvalue weighted by Crippen LogP contribution is 2.26. The average molecular weight is 333 g/mol. The first-order valence-corrected chi connectivity index (χ1v) is 8.98. The van der Waals surface area contributed by atoms with E-state index in [4.69, 9.17) is 4.74 Å². The number of benzene rings is 1. The number of carbonyl (C=O) groups excluding carboxylic acids is 2. The van der Waals surface area contributed by atoms with Crippen molar-refractivity contribution in [1.82, 2.24) is 5.32 Å². The predicted molar refractivity (Wildman–Crippen MR) is 94.4 cm³/mol. The minimum Gasteiger partial charge on any atom is -0.494 e. The van der Waals surface area contributed by atoms with Crippen LogP contribution in [-0.4, -0.2) is 17.8 Å². The molecule has 1 aliphatic heterocycles. The molecule has 0 spiro atoms. The number of ether oxygens (including phenoxy) is 1. The van der Waals surface area contributed by atoms with Crippen molar-refractivity contribution in [2.75, 3.05) is 6.61 Å². The number of imide groups is 1. The summed E-state index contributed by atoms with van der Waals surface area (Å²) in [5.74, 6) is 0.503. The summed E-state index contributed by atoms with van der Waals surface area (Å²) in [4.78, 5) is 23.0. The van der Waals surface area contributed by atoms with Gasteiger partial charge in [-0.1, -0.05) is 51.2 Å². The Labute approximate surface area is 141 Å². The maximum Gasteiger partial charge on any atom is 0.290 e. The van der Waals surface area contributed by atoms with Gasteiger partial charge in [-0.25, -0.2) is 0 Å². The van der Waals surface area contributed by atoms with Crippen molar-refractivity contribution in [2.24, 2.45) is 0 Å². The monoisotopic (exact) mass is 333 g/mol. The Bertz CT molecular complexity index is 566. The topological polar surface area (TPSA) is 55.4 Å². The smallest absolute Gasteiger partial charge is 0.290 e. The zero-order valence-corrected chi connectivity index (χ0v) is 14.3. The molecule has 0 unspecified atom stereocenters. The fourth-order valence-electron chi connectivity index (χ4n) is 2.31. The third kappa shape index (κ3) is 6.10. The molecule has 1 N–H and O–H groups in total. The van der Waals surface area contributed by atoms with E-state index in [0.717, 1.165) is 36.1 Å². The largest absolute Gasteiger partial charge is 0.494 e. The third-order valence-electron chi connectivity index (χ3n) is 3.59. The van der Waals surface area contributed by atoms with Crippen molar-refractivity contribution in [3.05, 3.63) is 34.7 Å². The summed E-state index contributed by atoms with van der Waals surface area (Å²) in [7, 11) is 0. The van der Waals surface area contributed by atoms with Crippen molar-refractivity contribution in [2.45, 2.75) is 45.4 Å². The predicted octanol–water partition coefficient (Wildman–Crippen LogP) is 4.75. The molecular formula is C18H23NO3S. The molecule has 1 saturated heterocycles. The van der Waals surface area contributed by atoms with Gasteiger partial charge < -0.3 is 4.74 Å². The SMILES string of the molecule is CCCCCCCCOc1ccc(/C=C2/SC(=O)NC2=O)cc1. The van der Waals surface area contributed by atoms with Crippen LogP contribution in [0.3, 0.4) is 0 Å². The Morgan fingerprint density at radius 3 is 2.39 bits per heavy atom. The summed E-state index contributed by atoms with van der Waals surface area (Å²) in [6.07, 6.45) is 9.19. The van der Waals surface area contributed by atoms with E-state index in [9.17, 15) is 9.59 Å². The number of hydrogen-bond donors (Lipinski definition) is 1. The second-order valence-electron chi connectivity index (χ2n) is 5.54. The first-order valence-electron chi connectivity index (χ1n) is 8.17. The molecule has 0 radical (unpaired) electrons. The first kappa shape index (κ1) is 17.6. The lowest BCUT2D eigenvalue weighted by molar-refractivity contribution is -0.115. The van der Waals surface area contributed by atoms with E-state index in [0.29, 0.717) is 4.91 Å². The van der Waals surface area contributed by atoms with Crippen LogP contribution in [0.25, 0.3) is 6.08 Å². The van der Waals surface area contributed by atoms with Crippen LogP contribution in [-0.2, 0) is 4.79 Å². The van der Waals surface area contributed by atoms with Gasteiger partial charge in [-0.15, -0.1) is 0 Å². The van der Waals surface area contributed by atoms with Crippen molar-refractivity contribution in [3.8, 4) is 5.75 Å². The maximum atomic E-state index is 11.5. The van der Waals surface area contributed by atoms with E-state index < -0.39 is 0 Å². The zero-order chi connectivity index (χ0) is 16.5. The summed E-state index contributed by atoms with van der Waals surface area (Å²) < 4.78 is 5.72. The Kier molecular flexibility index (Phi) is 7.20. The van der Waals surface area contributed by atoms with E-state index in [1.54, 1.807) is 6.08 Å². The standard InChI is InChI=1S/C18H23NO3S/c1-2-3-4-5-6-7-12-22-15-10-8-14(9-11-15)13-16-17(20)19-18(21)23-16/h8-11,13H,2-7,12H2,1H3,(H,19,20,21)/b16-13+. The number of rotatable bonds is 9. The van der Waals surface area contributed by atoms with Gasteiger partial charge >= 0.3 is 0 Å². The van der Waals surface area contributed by atoms with Gasteiger partial charge in [-0.3, -0.25) is 14.9 Å². The molecule has 1 heterocycles. The van der Waals surface area contributed by atoms with E-state index in [2.05, 4.69) is 12.2 Å². The second kappa shape index (κ2) is 9.40. The van der Waals surface area contributed by atoms with Gasteiger partial charge in [0.05, 0.1) is 11.5 Å². The van der Waals surface area contributed by atoms with Crippen molar-refractivity contribution >= 4 is 29.0 Å². The molecule has 23 heavy (non-hydrogen) atoms. The van der Waals surface area contributed by atoms with Crippen molar-refractivity contribution in [3.63, 3.8) is 0 Å². The minimum atomic E-state index is -0.330. The molecular weight excluding hydrogens is 310 g/mol. The Morgan fingerprint density at radius 1 is 1.04 bits per heavy atom. The van der Waals surface area contributed by atoms with Crippen molar-refractivity contribution < 1.29 is 14.3 Å². The van der Waals surface area contributed by atoms with Gasteiger partial charge in [0.15, 0.2) is 0 Å². The number of carbonyl (C=O) groups is 2. The van der Waals surface area contributed by atoms with Crippen LogP contribution in [0, 0.1) is 0 Å². The number of amides is 2. The maximum absolute atomic E-state index is 11.5. The van der Waals surface area contributed by atoms with Crippen LogP contribution in [0.4, 0.5) is 4.79 Å². The molecule has 0 atom stereocenters. The second-order valence-corrected chi connectivity index (χ2v) is 6.55. The highest BCUT2D eigenvalue weighted by molar-refractivity contribution is 8.18. The molecule has 0 aromatic heterocycles. The van der Waals surface area contributed by atoms with Gasteiger partial charge in [0.2, 0.25) is 0 Å². The minimum absolute atomic E-state index is 0.319. The zero-order valence-electron chi connectivity index (χ0n) is 13.5. The number of hydrogen-bond acceptors (Lipinski definition) is 4. The van der Waals surface area contributed by atoms with E-state index in [1.165, 1.54) is 32.1 Å². The van der Waals surface area contributed by atoms with Crippen LogP contribution in [0.15, 0.2) is 29.2 Å². The van der Waals surface area contributed by atoms with Crippen LogP contribution in [0.2, 0.25) is 0 Å². The summed E-state index contributed by atoms with van der Waals surface area (Å²) in [5, 5.41) is 1.92. The Hall–Kier alpha value is -1.75. The van der Waals surface area contributed by atoms with Crippen LogP contribution in [0.5, 0.6) is 5.75 Å². The van der Waals surface area contributed by atoms with Gasteiger partial charge in [-0.05, 0) is 42.0 Å². The fraction of sp³-hybridized carbons (Fsp3) is 0.444. The lowest BCUT2D eigenvalue weighted by Crippen LogP contribution is -2.17. The van der Waals surface area contributed by atoms with Crippen LogP contribution in [0.1, 0.15) is 51.0 Å². The summed E-state index contributed by atoms with van der Waals surface area (Å²) in [5.41, 5.74) is 0.879. The number of unbranched alkanes of at least 4 members (excludes halogenated alkanes) is 5. The molecule has 124 valence electrons. The fourth-order valence-corrected chi connectivity index (χ4v) is 2.99. The van der Waals surface area contributed by atoms with E-state index >= 15 is 0 Å². The molecule has 2 rings (SSSR count). The molecule has 5 heteroatoms. The normalized spacial score (nSPS) is 16.0. The molecule has 0 saturated carbocycles. The number of thioether (sulfide) groups is 1. The molecule has 1 aliphatic rings. The Morgan fingerprint density at radius 2 is 1.74 bits per heavy atom. The molecule has 0 bridgehead atoms. The first-order chi connectivity index (χ1) is 11.2. The molecule has 2 amide bonds. The van der Waals surface area contributed by atoms with Crippen LogP contribution < -0.4 is 10.1 Å². The summed E-state index contributed by atoms with van der Waals surface area (Å²) >= 11 is 0.928. The highest BCUT2D eigenvalue weighted by atomic mass is 32.2. The quantitative estimate of drug-likeness (QED) is 0.523.